The predicted octanol–water partition coefficient (Wildman–Crippen LogP) is 4.41. The first-order chi connectivity index (χ1) is 10.1. The molecule has 2 rings (SSSR count). The number of nitrogens with zero attached hydrogens (tertiary/aromatic N) is 1. The summed E-state index contributed by atoms with van der Waals surface area (Å²) in [5, 5.41) is 3.09. The second-order valence-electron chi connectivity index (χ2n) is 4.51. The largest absolute Gasteiger partial charge is 0.450 e. The molecule has 0 atom stereocenters. The van der Waals surface area contributed by atoms with Crippen molar-refractivity contribution in [2.75, 3.05) is 6.54 Å². The average Bonchev–Trinajstić information content (AvgIpc) is 2.43. The van der Waals surface area contributed by atoms with Crippen molar-refractivity contribution in [3.05, 3.63) is 52.3 Å². The van der Waals surface area contributed by atoms with Crippen LogP contribution in [0.15, 0.2) is 35.1 Å². The standard InChI is InChI=1S/C15H15BrF2N2O/c1-2-3-19-7-10-4-13(17)15(14(18)5-10)21-12-6-11(16)8-20-9-12/h4-6,8-9,19H,2-3,7H2,1H3. The molecule has 0 unspecified atom stereocenters. The minimum absolute atomic E-state index is 0.263. The van der Waals surface area contributed by atoms with Crippen molar-refractivity contribution in [1.82, 2.24) is 10.3 Å². The van der Waals surface area contributed by atoms with E-state index in [1.54, 1.807) is 12.3 Å². The second kappa shape index (κ2) is 7.47. The number of ether oxygens (including phenoxy) is 1. The summed E-state index contributed by atoms with van der Waals surface area (Å²) < 4.78 is 33.9. The van der Waals surface area contributed by atoms with Crippen molar-refractivity contribution in [1.29, 1.82) is 0 Å². The number of halogens is 3. The first-order valence-electron chi connectivity index (χ1n) is 6.57. The Labute approximate surface area is 130 Å². The van der Waals surface area contributed by atoms with Crippen LogP contribution in [0.5, 0.6) is 11.5 Å². The molecular weight excluding hydrogens is 342 g/mol. The highest BCUT2D eigenvalue weighted by atomic mass is 79.9. The number of aromatic nitrogens is 1. The lowest BCUT2D eigenvalue weighted by Crippen LogP contribution is -2.14. The Hall–Kier alpha value is -1.53. The summed E-state index contributed by atoms with van der Waals surface area (Å²) in [5.74, 6) is -1.63. The molecule has 0 spiro atoms. The molecule has 21 heavy (non-hydrogen) atoms. The fourth-order valence-corrected chi connectivity index (χ4v) is 2.13. The van der Waals surface area contributed by atoms with E-state index < -0.39 is 17.4 Å². The van der Waals surface area contributed by atoms with Crippen molar-refractivity contribution >= 4 is 15.9 Å². The van der Waals surface area contributed by atoms with Crippen LogP contribution in [0.3, 0.4) is 0 Å². The van der Waals surface area contributed by atoms with Gasteiger partial charge < -0.3 is 10.1 Å². The Morgan fingerprint density at radius 3 is 2.52 bits per heavy atom. The maximum Gasteiger partial charge on any atom is 0.198 e. The molecule has 0 amide bonds. The number of hydrogen-bond donors (Lipinski definition) is 1. The van der Waals surface area contributed by atoms with Crippen LogP contribution in [0.1, 0.15) is 18.9 Å². The highest BCUT2D eigenvalue weighted by Crippen LogP contribution is 2.29. The molecule has 2 aromatic rings. The molecule has 0 aliphatic heterocycles. The van der Waals surface area contributed by atoms with E-state index in [0.29, 0.717) is 16.6 Å². The maximum atomic E-state index is 14.0. The molecule has 0 radical (unpaired) electrons. The van der Waals surface area contributed by atoms with E-state index in [-0.39, 0.29) is 5.75 Å². The summed E-state index contributed by atoms with van der Waals surface area (Å²) in [6.45, 7) is 3.24. The van der Waals surface area contributed by atoms with Gasteiger partial charge in [-0.15, -0.1) is 0 Å². The molecule has 112 valence electrons. The van der Waals surface area contributed by atoms with E-state index in [1.165, 1.54) is 18.3 Å². The van der Waals surface area contributed by atoms with Crippen LogP contribution >= 0.6 is 15.9 Å². The first-order valence-corrected chi connectivity index (χ1v) is 7.36. The van der Waals surface area contributed by atoms with Crippen LogP contribution in [0.25, 0.3) is 0 Å². The Morgan fingerprint density at radius 1 is 1.19 bits per heavy atom. The Balaban J connectivity index is 2.17. The van der Waals surface area contributed by atoms with Crippen molar-refractivity contribution in [2.24, 2.45) is 0 Å². The molecule has 0 saturated heterocycles. The maximum absolute atomic E-state index is 14.0. The second-order valence-corrected chi connectivity index (χ2v) is 5.42. The van der Waals surface area contributed by atoms with Gasteiger partial charge in [0.1, 0.15) is 5.75 Å². The SMILES string of the molecule is CCCNCc1cc(F)c(Oc2cncc(Br)c2)c(F)c1. The molecule has 0 aliphatic rings. The Kier molecular flexibility index (Phi) is 5.64. The van der Waals surface area contributed by atoms with Gasteiger partial charge in [-0.1, -0.05) is 6.92 Å². The molecule has 1 heterocycles. The number of nitrogens with one attached hydrogen (secondary N) is 1. The van der Waals surface area contributed by atoms with Crippen LogP contribution in [-0.2, 0) is 6.54 Å². The third kappa shape index (κ3) is 4.47. The van der Waals surface area contributed by atoms with Crippen LogP contribution in [0.2, 0.25) is 0 Å². The van der Waals surface area contributed by atoms with Gasteiger partial charge in [-0.25, -0.2) is 8.78 Å². The predicted molar refractivity (Wildman–Crippen MR) is 80.4 cm³/mol. The molecule has 0 saturated carbocycles. The fraction of sp³-hybridized carbons (Fsp3) is 0.267. The van der Waals surface area contributed by atoms with Crippen molar-refractivity contribution in [3.63, 3.8) is 0 Å². The monoisotopic (exact) mass is 356 g/mol. The van der Waals surface area contributed by atoms with Crippen molar-refractivity contribution in [2.45, 2.75) is 19.9 Å². The van der Waals surface area contributed by atoms with Gasteiger partial charge in [-0.05, 0) is 52.7 Å². The van der Waals surface area contributed by atoms with E-state index in [4.69, 9.17) is 4.74 Å². The molecule has 1 aromatic heterocycles. The molecule has 0 aliphatic carbocycles. The van der Waals surface area contributed by atoms with Crippen LogP contribution < -0.4 is 10.1 Å². The summed E-state index contributed by atoms with van der Waals surface area (Å²) in [4.78, 5) is 3.88. The topological polar surface area (TPSA) is 34.1 Å². The van der Waals surface area contributed by atoms with Gasteiger partial charge in [0.25, 0.3) is 0 Å². The number of benzene rings is 1. The zero-order valence-electron chi connectivity index (χ0n) is 11.5. The van der Waals surface area contributed by atoms with E-state index in [1.807, 2.05) is 6.92 Å². The van der Waals surface area contributed by atoms with Gasteiger partial charge in [0.15, 0.2) is 17.4 Å². The molecule has 1 aromatic carbocycles. The normalized spacial score (nSPS) is 10.7. The minimum Gasteiger partial charge on any atom is -0.450 e. The minimum atomic E-state index is -0.733. The first kappa shape index (κ1) is 15.9. The van der Waals surface area contributed by atoms with Gasteiger partial charge in [-0.3, -0.25) is 4.98 Å². The lowest BCUT2D eigenvalue weighted by atomic mass is 10.2. The highest BCUT2D eigenvalue weighted by Gasteiger charge is 2.14. The molecule has 0 bridgehead atoms. The summed E-state index contributed by atoms with van der Waals surface area (Å²) in [7, 11) is 0. The zero-order valence-corrected chi connectivity index (χ0v) is 13.1. The van der Waals surface area contributed by atoms with Gasteiger partial charge in [-0.2, -0.15) is 0 Å². The smallest absolute Gasteiger partial charge is 0.198 e. The number of pyridine rings is 1. The van der Waals surface area contributed by atoms with Crippen LogP contribution in [0, 0.1) is 11.6 Å². The lowest BCUT2D eigenvalue weighted by molar-refractivity contribution is 0.404. The average molecular weight is 357 g/mol. The fourth-order valence-electron chi connectivity index (χ4n) is 1.79. The third-order valence-corrected chi connectivity index (χ3v) is 3.15. The summed E-state index contributed by atoms with van der Waals surface area (Å²) in [6.07, 6.45) is 3.91. The van der Waals surface area contributed by atoms with E-state index >= 15 is 0 Å². The van der Waals surface area contributed by atoms with Gasteiger partial charge in [0.05, 0.1) is 6.20 Å². The summed E-state index contributed by atoms with van der Waals surface area (Å²) in [6, 6.07) is 4.13. The van der Waals surface area contributed by atoms with Crippen molar-refractivity contribution in [3.8, 4) is 11.5 Å². The third-order valence-electron chi connectivity index (χ3n) is 2.71. The van der Waals surface area contributed by atoms with Crippen LogP contribution in [0.4, 0.5) is 8.78 Å². The van der Waals surface area contributed by atoms with Gasteiger partial charge >= 0.3 is 0 Å². The zero-order chi connectivity index (χ0) is 15.2. The number of hydrogen-bond acceptors (Lipinski definition) is 3. The van der Waals surface area contributed by atoms with E-state index in [0.717, 1.165) is 13.0 Å². The molecule has 0 fully saturated rings. The molecule has 1 N–H and O–H groups in total. The van der Waals surface area contributed by atoms with E-state index in [2.05, 4.69) is 26.2 Å². The van der Waals surface area contributed by atoms with Crippen molar-refractivity contribution < 1.29 is 13.5 Å². The summed E-state index contributed by atoms with van der Waals surface area (Å²) in [5.41, 5.74) is 0.540. The van der Waals surface area contributed by atoms with Gasteiger partial charge in [0, 0.05) is 17.2 Å². The highest BCUT2D eigenvalue weighted by molar-refractivity contribution is 9.10. The van der Waals surface area contributed by atoms with Gasteiger partial charge in [0.2, 0.25) is 0 Å². The quantitative estimate of drug-likeness (QED) is 0.778. The Morgan fingerprint density at radius 2 is 1.90 bits per heavy atom. The molecule has 6 heteroatoms. The lowest BCUT2D eigenvalue weighted by Gasteiger charge is -2.10. The van der Waals surface area contributed by atoms with Crippen LogP contribution in [-0.4, -0.2) is 11.5 Å². The summed E-state index contributed by atoms with van der Waals surface area (Å²) >= 11 is 3.22. The Bertz CT molecular complexity index is 599. The van der Waals surface area contributed by atoms with E-state index in [9.17, 15) is 8.78 Å². The number of rotatable bonds is 6. The molecule has 3 nitrogen and oxygen atoms in total. The molecular formula is C15H15BrF2N2O.